The first-order valence-corrected chi connectivity index (χ1v) is 10.5. The Morgan fingerprint density at radius 3 is 2.58 bits per heavy atom. The quantitative estimate of drug-likeness (QED) is 0.779. The molecule has 164 valence electrons. The van der Waals surface area contributed by atoms with Gasteiger partial charge in [0, 0.05) is 24.9 Å². The highest BCUT2D eigenvalue weighted by molar-refractivity contribution is 6.04. The summed E-state index contributed by atoms with van der Waals surface area (Å²) in [6.07, 6.45) is 4.73. The lowest BCUT2D eigenvalue weighted by molar-refractivity contribution is -0.130. The monoisotopic (exact) mass is 426 g/mol. The summed E-state index contributed by atoms with van der Waals surface area (Å²) < 4.78 is 6.71. The van der Waals surface area contributed by atoms with Crippen LogP contribution in [0.15, 0.2) is 39.0 Å². The molecule has 1 aromatic heterocycles. The predicted molar refractivity (Wildman–Crippen MR) is 115 cm³/mol. The predicted octanol–water partition coefficient (Wildman–Crippen LogP) is 2.45. The Kier molecular flexibility index (Phi) is 5.67. The standard InChI is InChI=1S/C22H26N4O5/c1-13(27)26-17(15-10-6-7-11-18(15)31-2)12-16(24-26)19-20(28)23-22(30)25(21(19)29)14-8-4-3-5-9-14/h6-7,10-11,14,17,29H,3-5,8-9,12H2,1-2H3,(H,23,28,30)/t17-/m0/s1. The Labute approximate surface area is 179 Å². The summed E-state index contributed by atoms with van der Waals surface area (Å²) in [6.45, 7) is 1.39. The van der Waals surface area contributed by atoms with Crippen LogP contribution in [0.25, 0.3) is 0 Å². The summed E-state index contributed by atoms with van der Waals surface area (Å²) in [7, 11) is 1.55. The third kappa shape index (κ3) is 3.75. The molecule has 1 aliphatic carbocycles. The molecule has 0 bridgehead atoms. The van der Waals surface area contributed by atoms with E-state index >= 15 is 0 Å². The minimum Gasteiger partial charge on any atom is -0.496 e. The maximum Gasteiger partial charge on any atom is 0.331 e. The number of amides is 1. The minimum atomic E-state index is -0.711. The largest absolute Gasteiger partial charge is 0.496 e. The number of carbonyl (C=O) groups excluding carboxylic acids is 1. The van der Waals surface area contributed by atoms with Crippen molar-refractivity contribution in [3.05, 3.63) is 56.2 Å². The SMILES string of the molecule is COc1ccccc1[C@@H]1CC(c2c(O)n(C3CCCCC3)c(=O)[nH]c2=O)=NN1C(C)=O. The molecule has 0 unspecified atom stereocenters. The van der Waals surface area contributed by atoms with E-state index in [4.69, 9.17) is 4.74 Å². The normalized spacial score (nSPS) is 19.4. The first-order valence-electron chi connectivity index (χ1n) is 10.5. The van der Waals surface area contributed by atoms with Crippen LogP contribution in [-0.4, -0.2) is 38.4 Å². The molecule has 1 aromatic carbocycles. The van der Waals surface area contributed by atoms with E-state index in [1.165, 1.54) is 16.5 Å². The summed E-state index contributed by atoms with van der Waals surface area (Å²) in [5.41, 5.74) is -0.391. The molecule has 4 rings (SSSR count). The van der Waals surface area contributed by atoms with E-state index in [9.17, 15) is 19.5 Å². The van der Waals surface area contributed by atoms with Crippen LogP contribution in [0.1, 0.15) is 68.7 Å². The van der Waals surface area contributed by atoms with Crippen LogP contribution in [0.5, 0.6) is 11.6 Å². The first-order chi connectivity index (χ1) is 14.9. The van der Waals surface area contributed by atoms with Crippen LogP contribution < -0.4 is 16.0 Å². The zero-order valence-corrected chi connectivity index (χ0v) is 17.6. The number of para-hydroxylation sites is 1. The second kappa shape index (κ2) is 8.41. The fraction of sp³-hybridized carbons (Fsp3) is 0.455. The first kappa shape index (κ1) is 20.9. The number of aromatic hydroxyl groups is 1. The molecule has 1 saturated carbocycles. The van der Waals surface area contributed by atoms with E-state index in [-0.39, 0.29) is 35.5 Å². The molecule has 9 nitrogen and oxygen atoms in total. The minimum absolute atomic E-state index is 0.0613. The number of carbonyl (C=O) groups is 1. The van der Waals surface area contributed by atoms with E-state index in [1.54, 1.807) is 13.2 Å². The Hall–Kier alpha value is -3.36. The number of aromatic amines is 1. The molecule has 2 N–H and O–H groups in total. The molecular formula is C22H26N4O5. The Morgan fingerprint density at radius 2 is 1.90 bits per heavy atom. The topological polar surface area (TPSA) is 117 Å². The molecule has 2 aliphatic rings. The summed E-state index contributed by atoms with van der Waals surface area (Å²) in [5, 5.41) is 16.7. The number of hydrogen-bond acceptors (Lipinski definition) is 6. The van der Waals surface area contributed by atoms with Gasteiger partial charge in [0.2, 0.25) is 11.8 Å². The number of nitrogens with zero attached hydrogens (tertiary/aromatic N) is 3. The Bertz CT molecular complexity index is 1140. The van der Waals surface area contributed by atoms with E-state index in [0.717, 1.165) is 37.7 Å². The maximum absolute atomic E-state index is 12.7. The van der Waals surface area contributed by atoms with E-state index in [2.05, 4.69) is 10.1 Å². The highest BCUT2D eigenvalue weighted by Crippen LogP contribution is 2.38. The van der Waals surface area contributed by atoms with Crippen LogP contribution >= 0.6 is 0 Å². The third-order valence-electron chi connectivity index (χ3n) is 6.08. The second-order valence-corrected chi connectivity index (χ2v) is 7.99. The highest BCUT2D eigenvalue weighted by Gasteiger charge is 2.36. The average molecular weight is 426 g/mol. The Morgan fingerprint density at radius 1 is 1.19 bits per heavy atom. The smallest absolute Gasteiger partial charge is 0.331 e. The third-order valence-corrected chi connectivity index (χ3v) is 6.08. The average Bonchev–Trinajstić information content (AvgIpc) is 3.19. The van der Waals surface area contributed by atoms with Gasteiger partial charge in [0.1, 0.15) is 11.3 Å². The number of ether oxygens (including phenoxy) is 1. The lowest BCUT2D eigenvalue weighted by Crippen LogP contribution is -2.36. The number of hydrogen-bond donors (Lipinski definition) is 2. The van der Waals surface area contributed by atoms with Crippen molar-refractivity contribution in [1.29, 1.82) is 0 Å². The number of aromatic nitrogens is 2. The fourth-order valence-corrected chi connectivity index (χ4v) is 4.61. The molecule has 0 radical (unpaired) electrons. The van der Waals surface area contributed by atoms with Gasteiger partial charge in [-0.2, -0.15) is 5.10 Å². The maximum atomic E-state index is 12.7. The van der Waals surface area contributed by atoms with Crippen LogP contribution in [0, 0.1) is 0 Å². The highest BCUT2D eigenvalue weighted by atomic mass is 16.5. The van der Waals surface area contributed by atoms with Crippen LogP contribution in [0.2, 0.25) is 0 Å². The van der Waals surface area contributed by atoms with Crippen LogP contribution in [0.3, 0.4) is 0 Å². The molecule has 1 fully saturated rings. The number of H-pyrrole nitrogens is 1. The van der Waals surface area contributed by atoms with Crippen molar-refractivity contribution < 1.29 is 14.6 Å². The van der Waals surface area contributed by atoms with E-state index < -0.39 is 17.3 Å². The lowest BCUT2D eigenvalue weighted by atomic mass is 9.94. The van der Waals surface area contributed by atoms with Gasteiger partial charge in [-0.15, -0.1) is 0 Å². The van der Waals surface area contributed by atoms with Gasteiger partial charge < -0.3 is 9.84 Å². The lowest BCUT2D eigenvalue weighted by Gasteiger charge is -2.25. The molecule has 0 saturated heterocycles. The zero-order chi connectivity index (χ0) is 22.1. The van der Waals surface area contributed by atoms with Gasteiger partial charge in [-0.3, -0.25) is 19.1 Å². The van der Waals surface area contributed by atoms with Gasteiger partial charge in [-0.05, 0) is 18.9 Å². The molecule has 1 amide bonds. The van der Waals surface area contributed by atoms with Crippen molar-refractivity contribution >= 4 is 11.6 Å². The van der Waals surface area contributed by atoms with Crippen LogP contribution in [-0.2, 0) is 4.79 Å². The van der Waals surface area contributed by atoms with E-state index in [1.807, 2.05) is 18.2 Å². The number of rotatable bonds is 4. The summed E-state index contributed by atoms with van der Waals surface area (Å²) in [4.78, 5) is 39.8. The molecule has 1 atom stereocenters. The van der Waals surface area contributed by atoms with Crippen molar-refractivity contribution in [2.45, 2.75) is 57.5 Å². The van der Waals surface area contributed by atoms with Crippen molar-refractivity contribution in [3.63, 3.8) is 0 Å². The number of hydrazone groups is 1. The van der Waals surface area contributed by atoms with Gasteiger partial charge in [0.05, 0.1) is 18.9 Å². The molecule has 2 aromatic rings. The molecule has 2 heterocycles. The molecule has 0 spiro atoms. The van der Waals surface area contributed by atoms with Crippen molar-refractivity contribution in [2.75, 3.05) is 7.11 Å². The fourth-order valence-electron chi connectivity index (χ4n) is 4.61. The number of benzene rings is 1. The number of methoxy groups -OCH3 is 1. The van der Waals surface area contributed by atoms with Crippen molar-refractivity contribution in [3.8, 4) is 11.6 Å². The summed E-state index contributed by atoms with van der Waals surface area (Å²) in [6, 6.07) is 6.63. The van der Waals surface area contributed by atoms with Gasteiger partial charge in [-0.1, -0.05) is 37.5 Å². The molecule has 31 heavy (non-hydrogen) atoms. The van der Waals surface area contributed by atoms with E-state index in [0.29, 0.717) is 5.75 Å². The number of nitrogens with one attached hydrogen (secondary N) is 1. The van der Waals surface area contributed by atoms with Gasteiger partial charge >= 0.3 is 5.69 Å². The summed E-state index contributed by atoms with van der Waals surface area (Å²) >= 11 is 0. The molecule has 9 heteroatoms. The summed E-state index contributed by atoms with van der Waals surface area (Å²) in [5.74, 6) is -0.0912. The second-order valence-electron chi connectivity index (χ2n) is 7.99. The van der Waals surface area contributed by atoms with Crippen molar-refractivity contribution in [2.24, 2.45) is 5.10 Å². The van der Waals surface area contributed by atoms with Crippen LogP contribution in [0.4, 0.5) is 0 Å². The van der Waals surface area contributed by atoms with Crippen molar-refractivity contribution in [1.82, 2.24) is 14.6 Å². The zero-order valence-electron chi connectivity index (χ0n) is 17.6. The molecular weight excluding hydrogens is 400 g/mol. The van der Waals surface area contributed by atoms with Gasteiger partial charge in [0.25, 0.3) is 5.56 Å². The molecule has 1 aliphatic heterocycles. The Balaban J connectivity index is 1.79. The van der Waals surface area contributed by atoms with Gasteiger partial charge in [0.15, 0.2) is 0 Å². The van der Waals surface area contributed by atoms with Gasteiger partial charge in [-0.25, -0.2) is 9.80 Å².